The minimum absolute atomic E-state index is 0.228. The Kier molecular flexibility index (Phi) is 4.41. The average Bonchev–Trinajstić information content (AvgIpc) is 2.15. The van der Waals surface area contributed by atoms with E-state index in [0.29, 0.717) is 23.9 Å². The summed E-state index contributed by atoms with van der Waals surface area (Å²) in [6.07, 6.45) is 1.05. The number of nitriles is 1. The van der Waals surface area contributed by atoms with Gasteiger partial charge in [-0.1, -0.05) is 15.9 Å². The Bertz CT molecular complexity index is 348. The second-order valence-corrected chi connectivity index (χ2v) is 3.60. The van der Waals surface area contributed by atoms with Gasteiger partial charge in [0.05, 0.1) is 12.7 Å². The Morgan fingerprint density at radius 2 is 2.29 bits per heavy atom. The molecule has 1 aromatic carbocycles. The van der Waals surface area contributed by atoms with Crippen LogP contribution in [0.25, 0.3) is 0 Å². The van der Waals surface area contributed by atoms with Crippen molar-refractivity contribution < 1.29 is 9.13 Å². The van der Waals surface area contributed by atoms with E-state index in [9.17, 15) is 4.39 Å². The van der Waals surface area contributed by atoms with Gasteiger partial charge in [-0.05, 0) is 24.6 Å². The molecular weight excluding hydrogens is 249 g/mol. The van der Waals surface area contributed by atoms with Crippen LogP contribution < -0.4 is 4.74 Å². The van der Waals surface area contributed by atoms with Crippen molar-refractivity contribution >= 4 is 15.9 Å². The Hall–Kier alpha value is -1.08. The third kappa shape index (κ3) is 3.35. The van der Waals surface area contributed by atoms with Crippen LogP contribution in [0.1, 0.15) is 12.8 Å². The van der Waals surface area contributed by atoms with Crippen LogP contribution in [0.5, 0.6) is 5.75 Å². The number of benzene rings is 1. The summed E-state index contributed by atoms with van der Waals surface area (Å²) >= 11 is 3.15. The number of hydrogen-bond donors (Lipinski definition) is 0. The average molecular weight is 258 g/mol. The summed E-state index contributed by atoms with van der Waals surface area (Å²) in [5.74, 6) is -0.164. The van der Waals surface area contributed by atoms with Gasteiger partial charge in [-0.2, -0.15) is 5.26 Å². The van der Waals surface area contributed by atoms with Crippen LogP contribution >= 0.6 is 15.9 Å². The van der Waals surface area contributed by atoms with Crippen LogP contribution in [0.4, 0.5) is 4.39 Å². The van der Waals surface area contributed by atoms with Gasteiger partial charge in [-0.25, -0.2) is 4.39 Å². The molecule has 0 heterocycles. The van der Waals surface area contributed by atoms with Gasteiger partial charge >= 0.3 is 0 Å². The second-order valence-electron chi connectivity index (χ2n) is 2.68. The molecule has 0 fully saturated rings. The first-order chi connectivity index (χ1) is 6.74. The van der Waals surface area contributed by atoms with Gasteiger partial charge in [0.1, 0.15) is 0 Å². The van der Waals surface area contributed by atoms with E-state index in [1.54, 1.807) is 12.1 Å². The van der Waals surface area contributed by atoms with E-state index >= 15 is 0 Å². The Morgan fingerprint density at radius 1 is 1.50 bits per heavy atom. The lowest BCUT2D eigenvalue weighted by atomic mass is 10.3. The molecule has 0 N–H and O–H groups in total. The molecule has 0 aliphatic heterocycles. The van der Waals surface area contributed by atoms with Crippen molar-refractivity contribution in [3.63, 3.8) is 0 Å². The van der Waals surface area contributed by atoms with E-state index < -0.39 is 5.82 Å². The Morgan fingerprint density at radius 3 is 2.93 bits per heavy atom. The highest BCUT2D eigenvalue weighted by atomic mass is 79.9. The number of halogens is 2. The van der Waals surface area contributed by atoms with Crippen molar-refractivity contribution in [3.05, 3.63) is 28.5 Å². The molecule has 0 unspecified atom stereocenters. The van der Waals surface area contributed by atoms with Crippen LogP contribution in [0.2, 0.25) is 0 Å². The topological polar surface area (TPSA) is 33.0 Å². The van der Waals surface area contributed by atoms with E-state index in [1.807, 2.05) is 6.07 Å². The molecule has 0 saturated carbocycles. The lowest BCUT2D eigenvalue weighted by molar-refractivity contribution is 0.297. The number of hydrogen-bond acceptors (Lipinski definition) is 2. The van der Waals surface area contributed by atoms with E-state index in [4.69, 9.17) is 10.00 Å². The SMILES string of the molecule is N#CCCCOc1ccc(Br)cc1F. The van der Waals surface area contributed by atoms with Crippen LogP contribution in [0, 0.1) is 17.1 Å². The first-order valence-electron chi connectivity index (χ1n) is 4.19. The van der Waals surface area contributed by atoms with Gasteiger partial charge in [-0.15, -0.1) is 0 Å². The quantitative estimate of drug-likeness (QED) is 0.776. The standard InChI is InChI=1S/C10H9BrFNO/c11-8-3-4-10(9(12)7-8)14-6-2-1-5-13/h3-4,7H,1-2,6H2. The zero-order chi connectivity index (χ0) is 10.4. The number of unbranched alkanes of at least 4 members (excludes halogenated alkanes) is 1. The third-order valence-corrected chi connectivity index (χ3v) is 2.08. The van der Waals surface area contributed by atoms with E-state index in [1.165, 1.54) is 6.07 Å². The molecule has 0 atom stereocenters. The number of nitrogens with zero attached hydrogens (tertiary/aromatic N) is 1. The largest absolute Gasteiger partial charge is 0.490 e. The van der Waals surface area contributed by atoms with Crippen LogP contribution in [0.3, 0.4) is 0 Å². The minimum Gasteiger partial charge on any atom is -0.490 e. The monoisotopic (exact) mass is 257 g/mol. The molecule has 0 amide bonds. The summed E-state index contributed by atoms with van der Waals surface area (Å²) in [6, 6.07) is 6.62. The third-order valence-electron chi connectivity index (χ3n) is 1.58. The summed E-state index contributed by atoms with van der Waals surface area (Å²) in [5.41, 5.74) is 0. The maximum Gasteiger partial charge on any atom is 0.166 e. The van der Waals surface area contributed by atoms with Crippen LogP contribution in [-0.4, -0.2) is 6.61 Å². The van der Waals surface area contributed by atoms with Gasteiger partial charge in [0.25, 0.3) is 0 Å². The normalized spacial score (nSPS) is 9.50. The van der Waals surface area contributed by atoms with Crippen molar-refractivity contribution in [2.45, 2.75) is 12.8 Å². The maximum absolute atomic E-state index is 13.1. The highest BCUT2D eigenvalue weighted by Gasteiger charge is 2.02. The summed E-state index contributed by atoms with van der Waals surface area (Å²) in [6.45, 7) is 0.367. The molecule has 0 aliphatic carbocycles. The summed E-state index contributed by atoms with van der Waals surface area (Å²) in [5, 5.41) is 8.27. The van der Waals surface area contributed by atoms with E-state index in [2.05, 4.69) is 15.9 Å². The molecule has 0 radical (unpaired) electrons. The fraction of sp³-hybridized carbons (Fsp3) is 0.300. The predicted molar refractivity (Wildman–Crippen MR) is 54.4 cm³/mol. The van der Waals surface area contributed by atoms with Crippen molar-refractivity contribution in [2.75, 3.05) is 6.61 Å². The van der Waals surface area contributed by atoms with E-state index in [-0.39, 0.29) is 5.75 Å². The number of ether oxygens (including phenoxy) is 1. The zero-order valence-electron chi connectivity index (χ0n) is 7.46. The predicted octanol–water partition coefficient (Wildman–Crippen LogP) is 3.27. The van der Waals surface area contributed by atoms with Gasteiger partial charge < -0.3 is 4.74 Å². The molecule has 2 nitrogen and oxygen atoms in total. The van der Waals surface area contributed by atoms with Crippen molar-refractivity contribution in [1.29, 1.82) is 5.26 Å². The molecule has 74 valence electrons. The summed E-state index contributed by atoms with van der Waals surface area (Å²) < 4.78 is 19.0. The fourth-order valence-corrected chi connectivity index (χ4v) is 1.26. The molecule has 0 bridgehead atoms. The highest BCUT2D eigenvalue weighted by Crippen LogP contribution is 2.21. The zero-order valence-corrected chi connectivity index (χ0v) is 9.05. The van der Waals surface area contributed by atoms with Gasteiger partial charge in [0.2, 0.25) is 0 Å². The minimum atomic E-state index is -0.392. The first kappa shape index (κ1) is 11.0. The highest BCUT2D eigenvalue weighted by molar-refractivity contribution is 9.10. The lowest BCUT2D eigenvalue weighted by Gasteiger charge is -2.05. The van der Waals surface area contributed by atoms with Gasteiger partial charge in [-0.3, -0.25) is 0 Å². The molecule has 1 aromatic rings. The van der Waals surface area contributed by atoms with Crippen molar-refractivity contribution in [3.8, 4) is 11.8 Å². The van der Waals surface area contributed by atoms with Crippen LogP contribution in [0.15, 0.2) is 22.7 Å². The maximum atomic E-state index is 13.1. The molecule has 4 heteroatoms. The lowest BCUT2D eigenvalue weighted by Crippen LogP contribution is -1.98. The molecule has 0 saturated heterocycles. The summed E-state index contributed by atoms with van der Waals surface area (Å²) in [4.78, 5) is 0. The number of rotatable bonds is 4. The second kappa shape index (κ2) is 5.61. The smallest absolute Gasteiger partial charge is 0.166 e. The fourth-order valence-electron chi connectivity index (χ4n) is 0.926. The Labute approximate surface area is 90.4 Å². The molecule has 14 heavy (non-hydrogen) atoms. The Balaban J connectivity index is 2.47. The van der Waals surface area contributed by atoms with Gasteiger partial charge in [0.15, 0.2) is 11.6 Å². The van der Waals surface area contributed by atoms with Crippen LogP contribution in [-0.2, 0) is 0 Å². The van der Waals surface area contributed by atoms with Crippen molar-refractivity contribution in [1.82, 2.24) is 0 Å². The first-order valence-corrected chi connectivity index (χ1v) is 4.98. The van der Waals surface area contributed by atoms with E-state index in [0.717, 1.165) is 0 Å². The molecule has 1 rings (SSSR count). The molecule has 0 aliphatic rings. The van der Waals surface area contributed by atoms with Crippen molar-refractivity contribution in [2.24, 2.45) is 0 Å². The van der Waals surface area contributed by atoms with Gasteiger partial charge in [0, 0.05) is 10.9 Å². The molecule has 0 spiro atoms. The molecule has 0 aromatic heterocycles. The molecular formula is C10H9BrFNO. The summed E-state index contributed by atoms with van der Waals surface area (Å²) in [7, 11) is 0.